The number of ether oxygens (including phenoxy) is 3. The van der Waals surface area contributed by atoms with Crippen LogP contribution in [-0.4, -0.2) is 98.8 Å². The van der Waals surface area contributed by atoms with Gasteiger partial charge in [0.1, 0.15) is 0 Å². The summed E-state index contributed by atoms with van der Waals surface area (Å²) < 4.78 is 87.7. The van der Waals surface area contributed by atoms with Gasteiger partial charge in [0.15, 0.2) is 0 Å². The van der Waals surface area contributed by atoms with Crippen LogP contribution in [0.4, 0.5) is 18.0 Å². The molecule has 0 spiro atoms. The number of alkyl carbamates (subject to hydrolysis) is 1. The van der Waals surface area contributed by atoms with Crippen LogP contribution in [0.1, 0.15) is 67.2 Å². The molecule has 304 valence electrons. The van der Waals surface area contributed by atoms with Crippen molar-refractivity contribution in [1.29, 1.82) is 0 Å². The number of nitrogens with one attached hydrogen (secondary N) is 3. The average molecular weight is 911 g/mol. The Bertz CT molecular complexity index is 2010. The van der Waals surface area contributed by atoms with Crippen molar-refractivity contribution in [2.45, 2.75) is 110 Å². The van der Waals surface area contributed by atoms with Crippen LogP contribution in [-0.2, 0) is 33.6 Å². The number of nitrogens with zero attached hydrogens (tertiary/aromatic N) is 2. The molecule has 2 saturated carbocycles. The molecule has 4 aliphatic rings. The van der Waals surface area contributed by atoms with Gasteiger partial charge >= 0.3 is 303 Å². The molecule has 4 amide bonds. The molecule has 0 bridgehead atoms. The first-order valence-electron chi connectivity index (χ1n) is 17.7. The van der Waals surface area contributed by atoms with Crippen molar-refractivity contribution < 1.29 is 80.4 Å². The molecule has 3 N–H and O–H groups in total. The van der Waals surface area contributed by atoms with Crippen molar-refractivity contribution in [3.63, 3.8) is 0 Å². The van der Waals surface area contributed by atoms with Crippen LogP contribution in [0.5, 0.6) is 11.6 Å². The second-order valence-corrected chi connectivity index (χ2v) is 20.8. The molecule has 2 aromatic rings. The van der Waals surface area contributed by atoms with E-state index < -0.39 is 106 Å². The van der Waals surface area contributed by atoms with Crippen molar-refractivity contribution in [2.24, 2.45) is 11.3 Å². The van der Waals surface area contributed by atoms with Gasteiger partial charge in [-0.1, -0.05) is 0 Å². The molecule has 15 nitrogen and oxygen atoms in total. The molecule has 3 unspecified atom stereocenters. The first kappa shape index (κ1) is 41.0. The van der Waals surface area contributed by atoms with E-state index in [1.54, 1.807) is 52.0 Å². The van der Waals surface area contributed by atoms with Crippen LogP contribution in [0.15, 0.2) is 30.5 Å². The Hall–Kier alpha value is -3.66. The third-order valence-electron chi connectivity index (χ3n) is 10.2. The number of carbonyl (C=O) groups is 4. The molecular formula is C35H44F3IN5O10S-. The van der Waals surface area contributed by atoms with E-state index in [0.717, 1.165) is 5.39 Å². The summed E-state index contributed by atoms with van der Waals surface area (Å²) in [6.45, 7) is 7.72. The van der Waals surface area contributed by atoms with Crippen molar-refractivity contribution in [3.8, 4) is 11.6 Å². The van der Waals surface area contributed by atoms with Crippen LogP contribution in [0.25, 0.3) is 10.8 Å². The predicted molar refractivity (Wildman–Crippen MR) is 184 cm³/mol. The molecule has 6 rings (SSSR count). The van der Waals surface area contributed by atoms with E-state index in [0.29, 0.717) is 44.2 Å². The third kappa shape index (κ3) is 7.99. The minimum atomic E-state index is -4.91. The van der Waals surface area contributed by atoms with E-state index in [1.807, 2.05) is 4.72 Å². The van der Waals surface area contributed by atoms with Crippen LogP contribution in [0.3, 0.4) is 0 Å². The molecule has 2 aliphatic carbocycles. The van der Waals surface area contributed by atoms with E-state index in [2.05, 4.69) is 15.6 Å². The van der Waals surface area contributed by atoms with E-state index in [1.165, 1.54) is 18.2 Å². The summed E-state index contributed by atoms with van der Waals surface area (Å²) in [5.41, 5.74) is -5.62. The zero-order valence-electron chi connectivity index (χ0n) is 31.2. The number of likely N-dealkylation sites (tertiary alicyclic amines) is 1. The summed E-state index contributed by atoms with van der Waals surface area (Å²) in [5.74, 6) is -2.31. The number of methoxy groups -OCH3 is 1. The Balaban J connectivity index is 1.32. The number of fused-ring (bicyclic) bond motifs is 2. The first-order valence-corrected chi connectivity index (χ1v) is 21.4. The molecule has 0 radical (unpaired) electrons. The third-order valence-corrected chi connectivity index (χ3v) is 15.6. The fourth-order valence-electron chi connectivity index (χ4n) is 6.74. The summed E-state index contributed by atoms with van der Waals surface area (Å²) in [6, 6.07) is 5.52. The summed E-state index contributed by atoms with van der Waals surface area (Å²) in [5, 5.41) is 6.49. The second-order valence-electron chi connectivity index (χ2n) is 15.7. The Labute approximate surface area is 326 Å². The quantitative estimate of drug-likeness (QED) is 0.143. The maximum atomic E-state index is 14.6. The summed E-state index contributed by atoms with van der Waals surface area (Å²) in [7, 11) is -2.93. The van der Waals surface area contributed by atoms with Gasteiger partial charge < -0.3 is 4.74 Å². The fourth-order valence-corrected chi connectivity index (χ4v) is 11.1. The number of hydrogen-bond acceptors (Lipinski definition) is 11. The summed E-state index contributed by atoms with van der Waals surface area (Å²) >= 11 is -1.09. The number of benzene rings is 1. The van der Waals surface area contributed by atoms with Crippen LogP contribution in [0, 0.1) is 11.3 Å². The normalized spacial score (nSPS) is 26.9. The van der Waals surface area contributed by atoms with Gasteiger partial charge in [0.2, 0.25) is 0 Å². The Morgan fingerprint density at radius 2 is 1.76 bits per heavy atom. The van der Waals surface area contributed by atoms with Gasteiger partial charge in [0, 0.05) is 0 Å². The van der Waals surface area contributed by atoms with Crippen LogP contribution < -0.4 is 46.0 Å². The van der Waals surface area contributed by atoms with E-state index in [9.17, 15) is 40.8 Å². The standard InChI is InChI=1S/C35H44F3IN5O10S/c1-8-24-34(39-24,29(47)43-55(49,50)54-19-9-10-19)42-28(46)33-16-22(33)23(52-26-21-12-11-20(51-7)15-18(21)13-14-40-26)17-44(33)27(45)25(31(2,3)4)41-30(48)53-32(5,6)35(36,37)38/h11-15,19,22-25H,8-10,16-17H2,1-7H3,(H,41,48)(H,42,46)(H,43,47)/q-1/t22?,23-,24?,25+,33?,34+/m0/s1. The number of pyridine rings is 1. The molecule has 4 fully saturated rings. The van der Waals surface area contributed by atoms with Gasteiger partial charge in [0.25, 0.3) is 0 Å². The van der Waals surface area contributed by atoms with Crippen LogP contribution >= 0.6 is 0 Å². The van der Waals surface area contributed by atoms with Crippen molar-refractivity contribution in [3.05, 3.63) is 30.5 Å². The molecule has 20 heteroatoms. The van der Waals surface area contributed by atoms with Gasteiger partial charge in [-0.25, -0.2) is 0 Å². The zero-order chi connectivity index (χ0) is 40.5. The number of piperidine rings is 1. The molecule has 2 saturated heterocycles. The fraction of sp³-hybridized carbons (Fsp3) is 0.629. The SMILES string of the molecule is CCC1[I-][C@]1(NC(=O)C12CC1[C@@H](Oc1nccc3cc(OC)ccc13)CN2C(=O)[C@@H](NC(=O)OC(C)(C)C(F)(F)F)C(C)(C)C)C(=O)NS(=O)(=O)OC1CC1. The van der Waals surface area contributed by atoms with E-state index in [-0.39, 0.29) is 22.8 Å². The molecule has 1 aromatic heterocycles. The van der Waals surface area contributed by atoms with Gasteiger partial charge in [-0.05, 0) is 0 Å². The Morgan fingerprint density at radius 1 is 1.07 bits per heavy atom. The molecule has 3 heterocycles. The van der Waals surface area contributed by atoms with Gasteiger partial charge in [0.05, 0.1) is 7.11 Å². The van der Waals surface area contributed by atoms with Crippen molar-refractivity contribution in [2.75, 3.05) is 13.7 Å². The minimum absolute atomic E-state index is 0.0617. The van der Waals surface area contributed by atoms with Gasteiger partial charge in [-0.3, -0.25) is 0 Å². The second kappa shape index (κ2) is 14.1. The number of amides is 4. The average Bonchev–Trinajstić information content (AvgIpc) is 4.01. The number of alkyl halides is 5. The maximum absolute atomic E-state index is 14.6. The van der Waals surface area contributed by atoms with Crippen molar-refractivity contribution >= 4 is 44.9 Å². The van der Waals surface area contributed by atoms with Gasteiger partial charge in [-0.15, -0.1) is 0 Å². The molecule has 6 atom stereocenters. The number of rotatable bonds is 13. The number of hydrogen-bond donors (Lipinski definition) is 3. The van der Waals surface area contributed by atoms with Crippen molar-refractivity contribution in [1.82, 2.24) is 25.2 Å². The predicted octanol–water partition coefficient (Wildman–Crippen LogP) is 0.307. The summed E-state index contributed by atoms with van der Waals surface area (Å²) in [4.78, 5) is 61.5. The number of aromatic nitrogens is 1. The molecule has 1 aromatic carbocycles. The monoisotopic (exact) mass is 910 g/mol. The molecule has 2 aliphatic heterocycles. The Morgan fingerprint density at radius 3 is 2.35 bits per heavy atom. The topological polar surface area (TPSA) is 192 Å². The number of carbonyl (C=O) groups excluding carboxylic acids is 4. The zero-order valence-corrected chi connectivity index (χ0v) is 34.2. The van der Waals surface area contributed by atoms with Gasteiger partial charge in [-0.2, -0.15) is 13.2 Å². The summed E-state index contributed by atoms with van der Waals surface area (Å²) in [6.07, 6.45) is -4.66. The molecular weight excluding hydrogens is 866 g/mol. The number of halogens is 4. The Kier molecular flexibility index (Phi) is 10.5. The molecule has 55 heavy (non-hydrogen) atoms. The van der Waals surface area contributed by atoms with Crippen LogP contribution in [0.2, 0.25) is 0 Å². The van der Waals surface area contributed by atoms with E-state index >= 15 is 0 Å². The van der Waals surface area contributed by atoms with E-state index in [4.69, 9.17) is 18.4 Å². The first-order chi connectivity index (χ1) is 25.5.